The third-order valence-electron chi connectivity index (χ3n) is 5.98. The summed E-state index contributed by atoms with van der Waals surface area (Å²) in [6.45, 7) is 11.4. The maximum atomic E-state index is 4.48. The molecule has 2 aromatic carbocycles. The molecule has 3 nitrogen and oxygen atoms in total. The molecule has 3 heteroatoms. The average molecular weight is 413 g/mol. The van der Waals surface area contributed by atoms with Crippen molar-refractivity contribution in [1.29, 1.82) is 0 Å². The predicted molar refractivity (Wildman–Crippen MR) is 130 cm³/mol. The van der Waals surface area contributed by atoms with Crippen molar-refractivity contribution in [2.24, 2.45) is 18.9 Å². The van der Waals surface area contributed by atoms with Crippen LogP contribution in [0.2, 0.25) is 0 Å². The minimum atomic E-state index is 0.590. The number of para-hydroxylation sites is 3. The molecular formula is C28H34N3+. The fourth-order valence-electron chi connectivity index (χ4n) is 4.68. The predicted octanol–water partition coefficient (Wildman–Crippen LogP) is 6.22. The van der Waals surface area contributed by atoms with Gasteiger partial charge in [-0.05, 0) is 66.5 Å². The fourth-order valence-corrected chi connectivity index (χ4v) is 4.68. The van der Waals surface area contributed by atoms with E-state index in [0.717, 1.165) is 12.8 Å². The van der Waals surface area contributed by atoms with Crippen molar-refractivity contribution in [1.82, 2.24) is 9.55 Å². The van der Waals surface area contributed by atoms with E-state index in [1.165, 1.54) is 44.8 Å². The highest BCUT2D eigenvalue weighted by Crippen LogP contribution is 2.33. The van der Waals surface area contributed by atoms with E-state index >= 15 is 0 Å². The molecule has 4 rings (SSSR count). The van der Waals surface area contributed by atoms with E-state index in [-0.39, 0.29) is 0 Å². The van der Waals surface area contributed by atoms with Gasteiger partial charge in [-0.3, -0.25) is 4.98 Å². The highest BCUT2D eigenvalue weighted by Gasteiger charge is 2.30. The molecule has 0 spiro atoms. The summed E-state index contributed by atoms with van der Waals surface area (Å²) in [5.41, 5.74) is 9.06. The molecule has 0 radical (unpaired) electrons. The summed E-state index contributed by atoms with van der Waals surface area (Å²) in [4.78, 5) is 4.48. The number of fused-ring (bicyclic) bond motifs is 1. The molecular weight excluding hydrogens is 378 g/mol. The first-order valence-corrected chi connectivity index (χ1v) is 11.4. The van der Waals surface area contributed by atoms with Crippen LogP contribution in [0.3, 0.4) is 0 Å². The van der Waals surface area contributed by atoms with Gasteiger partial charge in [-0.25, -0.2) is 4.57 Å². The van der Waals surface area contributed by atoms with Crippen LogP contribution in [0.5, 0.6) is 0 Å². The molecule has 0 aliphatic carbocycles. The summed E-state index contributed by atoms with van der Waals surface area (Å²) in [7, 11) is 2.17. The van der Waals surface area contributed by atoms with Gasteiger partial charge in [0, 0.05) is 12.4 Å². The number of pyridine rings is 1. The van der Waals surface area contributed by atoms with E-state index in [2.05, 4.69) is 104 Å². The number of imidazole rings is 1. The highest BCUT2D eigenvalue weighted by molar-refractivity contribution is 5.80. The van der Waals surface area contributed by atoms with E-state index in [9.17, 15) is 0 Å². The van der Waals surface area contributed by atoms with Crippen molar-refractivity contribution in [3.05, 3.63) is 77.6 Å². The molecule has 0 aliphatic heterocycles. The number of benzene rings is 2. The van der Waals surface area contributed by atoms with Gasteiger partial charge in [-0.2, -0.15) is 4.57 Å². The first kappa shape index (κ1) is 21.3. The lowest BCUT2D eigenvalue weighted by Gasteiger charge is -2.17. The van der Waals surface area contributed by atoms with Gasteiger partial charge in [0.05, 0.1) is 12.6 Å². The summed E-state index contributed by atoms with van der Waals surface area (Å²) in [5, 5.41) is 0. The molecule has 0 N–H and O–H groups in total. The Bertz CT molecular complexity index is 1190. The second-order valence-corrected chi connectivity index (χ2v) is 9.52. The molecule has 0 unspecified atom stereocenters. The Balaban J connectivity index is 2.14. The van der Waals surface area contributed by atoms with Crippen molar-refractivity contribution >= 4 is 11.0 Å². The van der Waals surface area contributed by atoms with Crippen LogP contribution in [0.15, 0.2) is 60.9 Å². The van der Waals surface area contributed by atoms with Crippen LogP contribution in [-0.2, 0) is 19.9 Å². The molecule has 4 aromatic rings. The van der Waals surface area contributed by atoms with Crippen LogP contribution >= 0.6 is 0 Å². The Hall–Kier alpha value is -2.94. The van der Waals surface area contributed by atoms with Gasteiger partial charge in [0.1, 0.15) is 5.69 Å². The van der Waals surface area contributed by atoms with Crippen molar-refractivity contribution in [3.8, 4) is 17.1 Å². The van der Waals surface area contributed by atoms with E-state index in [4.69, 9.17) is 0 Å². The van der Waals surface area contributed by atoms with E-state index in [1.807, 2.05) is 12.4 Å². The number of aromatic nitrogens is 3. The molecule has 31 heavy (non-hydrogen) atoms. The Morgan fingerprint density at radius 1 is 0.871 bits per heavy atom. The zero-order valence-electron chi connectivity index (χ0n) is 19.7. The van der Waals surface area contributed by atoms with Crippen LogP contribution in [0.4, 0.5) is 0 Å². The topological polar surface area (TPSA) is 21.7 Å². The zero-order chi connectivity index (χ0) is 22.1. The van der Waals surface area contributed by atoms with Crippen LogP contribution < -0.4 is 4.57 Å². The maximum Gasteiger partial charge on any atom is 0.296 e. The Labute approximate surface area is 186 Å². The van der Waals surface area contributed by atoms with Crippen LogP contribution in [0.1, 0.15) is 44.4 Å². The lowest BCUT2D eigenvalue weighted by atomic mass is 9.93. The highest BCUT2D eigenvalue weighted by atomic mass is 15.2. The monoisotopic (exact) mass is 412 g/mol. The normalized spacial score (nSPS) is 11.7. The average Bonchev–Trinajstić information content (AvgIpc) is 3.00. The van der Waals surface area contributed by atoms with Gasteiger partial charge in [0.15, 0.2) is 11.0 Å². The lowest BCUT2D eigenvalue weighted by molar-refractivity contribution is -0.633. The lowest BCUT2D eigenvalue weighted by Crippen LogP contribution is -2.30. The Kier molecular flexibility index (Phi) is 5.95. The van der Waals surface area contributed by atoms with E-state index in [0.29, 0.717) is 11.8 Å². The second-order valence-electron chi connectivity index (χ2n) is 9.52. The third kappa shape index (κ3) is 4.01. The van der Waals surface area contributed by atoms with Crippen molar-refractivity contribution in [2.45, 2.75) is 47.5 Å². The summed E-state index contributed by atoms with van der Waals surface area (Å²) < 4.78 is 4.82. The number of nitrogens with zero attached hydrogens (tertiary/aromatic N) is 3. The van der Waals surface area contributed by atoms with Gasteiger partial charge in [-0.1, -0.05) is 58.0 Å². The van der Waals surface area contributed by atoms with Crippen molar-refractivity contribution in [2.75, 3.05) is 0 Å². The SMILES string of the molecule is Cc1ccncc1-c1n(-c2c(CC(C)C)cccc2CC(C)C)c2ccccc2[n+]1C. The van der Waals surface area contributed by atoms with Crippen LogP contribution in [0, 0.1) is 18.8 Å². The van der Waals surface area contributed by atoms with Gasteiger partial charge >= 0.3 is 0 Å². The molecule has 0 saturated carbocycles. The number of hydrogen-bond donors (Lipinski definition) is 0. The minimum Gasteiger partial charge on any atom is -0.264 e. The summed E-state index contributed by atoms with van der Waals surface area (Å²) in [6.07, 6.45) is 6.00. The van der Waals surface area contributed by atoms with E-state index < -0.39 is 0 Å². The summed E-state index contributed by atoms with van der Waals surface area (Å²) in [6, 6.07) is 17.7. The summed E-state index contributed by atoms with van der Waals surface area (Å²) >= 11 is 0. The number of hydrogen-bond acceptors (Lipinski definition) is 1. The third-order valence-corrected chi connectivity index (χ3v) is 5.98. The summed E-state index contributed by atoms with van der Waals surface area (Å²) in [5.74, 6) is 2.37. The van der Waals surface area contributed by atoms with Gasteiger partial charge < -0.3 is 0 Å². The number of rotatable bonds is 6. The smallest absolute Gasteiger partial charge is 0.264 e. The van der Waals surface area contributed by atoms with Crippen molar-refractivity contribution < 1.29 is 4.57 Å². The second kappa shape index (κ2) is 8.66. The van der Waals surface area contributed by atoms with Crippen LogP contribution in [-0.4, -0.2) is 9.55 Å². The molecule has 160 valence electrons. The van der Waals surface area contributed by atoms with E-state index in [1.54, 1.807) is 0 Å². The molecule has 0 bridgehead atoms. The van der Waals surface area contributed by atoms with Gasteiger partial charge in [0.2, 0.25) is 0 Å². The quantitative estimate of drug-likeness (QED) is 0.344. The molecule has 0 atom stereocenters. The molecule has 0 amide bonds. The fraction of sp³-hybridized carbons (Fsp3) is 0.357. The first-order valence-electron chi connectivity index (χ1n) is 11.4. The molecule has 0 fully saturated rings. The number of aryl methyl sites for hydroxylation is 2. The van der Waals surface area contributed by atoms with Crippen LogP contribution in [0.25, 0.3) is 28.1 Å². The van der Waals surface area contributed by atoms with Crippen molar-refractivity contribution in [3.63, 3.8) is 0 Å². The minimum absolute atomic E-state index is 0.590. The maximum absolute atomic E-state index is 4.48. The Morgan fingerprint density at radius 2 is 1.52 bits per heavy atom. The molecule has 2 aromatic heterocycles. The zero-order valence-corrected chi connectivity index (χ0v) is 19.7. The largest absolute Gasteiger partial charge is 0.296 e. The standard InChI is InChI=1S/C28H34N3/c1-19(2)16-22-10-9-11-23(17-20(3)4)27(22)31-26-13-8-7-12-25(26)30(6)28(31)24-18-29-15-14-21(24)5/h7-15,18-20H,16-17H2,1-6H3/q+1. The molecule has 0 aliphatic rings. The van der Waals surface area contributed by atoms with Gasteiger partial charge in [0.25, 0.3) is 5.82 Å². The molecule has 2 heterocycles. The van der Waals surface area contributed by atoms with Gasteiger partial charge in [-0.15, -0.1) is 0 Å². The molecule has 0 saturated heterocycles. The first-order chi connectivity index (χ1) is 14.9. The Morgan fingerprint density at radius 3 is 2.13 bits per heavy atom.